The van der Waals surface area contributed by atoms with Crippen LogP contribution < -0.4 is 10.5 Å². The second kappa shape index (κ2) is 13.2. The minimum Gasteiger partial charge on any atom is -0.356 e. The van der Waals surface area contributed by atoms with Gasteiger partial charge in [-0.05, 0) is 43.9 Å². The lowest BCUT2D eigenvalue weighted by Gasteiger charge is -2.25. The van der Waals surface area contributed by atoms with Crippen LogP contribution in [0.1, 0.15) is 83.3 Å². The van der Waals surface area contributed by atoms with Gasteiger partial charge in [-0.3, -0.25) is 18.9 Å². The van der Waals surface area contributed by atoms with Gasteiger partial charge in [0.25, 0.3) is 11.5 Å². The summed E-state index contributed by atoms with van der Waals surface area (Å²) < 4.78 is 2.15. The van der Waals surface area contributed by atoms with Crippen molar-refractivity contribution in [3.05, 3.63) is 44.7 Å². The SMILES string of the molecule is CCCCCCCCN1C(=O)/C(=C/c2c(N(CCC)CCC)nc3c(C)cccn3c2=O)SC1=S. The fourth-order valence-electron chi connectivity index (χ4n) is 4.41. The van der Waals surface area contributed by atoms with Gasteiger partial charge in [0.05, 0.1) is 10.5 Å². The number of hydrogen-bond acceptors (Lipinski definition) is 6. The highest BCUT2D eigenvalue weighted by Gasteiger charge is 2.32. The van der Waals surface area contributed by atoms with Gasteiger partial charge in [0.1, 0.15) is 15.8 Å². The maximum absolute atomic E-state index is 13.7. The lowest BCUT2D eigenvalue weighted by Crippen LogP contribution is -2.31. The Morgan fingerprint density at radius 3 is 2.40 bits per heavy atom. The number of carbonyl (C=O) groups is 1. The first kappa shape index (κ1) is 27.4. The van der Waals surface area contributed by atoms with Crippen LogP contribution in [0.4, 0.5) is 5.82 Å². The number of carbonyl (C=O) groups excluding carboxylic acids is 1. The minimum atomic E-state index is -0.160. The van der Waals surface area contributed by atoms with Crippen molar-refractivity contribution in [2.45, 2.75) is 79.1 Å². The van der Waals surface area contributed by atoms with Crippen LogP contribution >= 0.6 is 24.0 Å². The Hall–Kier alpha value is -2.19. The van der Waals surface area contributed by atoms with Gasteiger partial charge in [0.2, 0.25) is 0 Å². The number of fused-ring (bicyclic) bond motifs is 1. The van der Waals surface area contributed by atoms with Gasteiger partial charge in [-0.25, -0.2) is 4.98 Å². The van der Waals surface area contributed by atoms with E-state index in [4.69, 9.17) is 17.2 Å². The van der Waals surface area contributed by atoms with Crippen molar-refractivity contribution in [2.75, 3.05) is 24.5 Å². The van der Waals surface area contributed by atoms with Crippen molar-refractivity contribution < 1.29 is 4.79 Å². The van der Waals surface area contributed by atoms with Crippen LogP contribution in [0.5, 0.6) is 0 Å². The summed E-state index contributed by atoms with van der Waals surface area (Å²) in [4.78, 5) is 36.2. The maximum Gasteiger partial charge on any atom is 0.267 e. The van der Waals surface area contributed by atoms with Crippen LogP contribution in [0, 0.1) is 6.92 Å². The smallest absolute Gasteiger partial charge is 0.267 e. The first-order chi connectivity index (χ1) is 16.9. The van der Waals surface area contributed by atoms with Crippen LogP contribution in [0.2, 0.25) is 0 Å². The summed E-state index contributed by atoms with van der Waals surface area (Å²) in [6.45, 7) is 10.6. The topological polar surface area (TPSA) is 57.9 Å². The highest BCUT2D eigenvalue weighted by atomic mass is 32.2. The van der Waals surface area contributed by atoms with E-state index in [0.29, 0.717) is 32.8 Å². The van der Waals surface area contributed by atoms with Crippen LogP contribution in [0.3, 0.4) is 0 Å². The molecule has 3 rings (SSSR count). The van der Waals surface area contributed by atoms with Crippen molar-refractivity contribution in [3.63, 3.8) is 0 Å². The van der Waals surface area contributed by atoms with Crippen molar-refractivity contribution in [3.8, 4) is 0 Å². The van der Waals surface area contributed by atoms with E-state index in [-0.39, 0.29) is 11.5 Å². The monoisotopic (exact) mass is 514 g/mol. The average Bonchev–Trinajstić information content (AvgIpc) is 3.10. The molecule has 1 fully saturated rings. The molecule has 0 atom stereocenters. The van der Waals surface area contributed by atoms with E-state index in [0.717, 1.165) is 44.3 Å². The van der Waals surface area contributed by atoms with Gasteiger partial charge in [-0.15, -0.1) is 0 Å². The number of unbranched alkanes of at least 4 members (excludes halogenated alkanes) is 5. The molecule has 2 aromatic rings. The molecule has 1 amide bonds. The fraction of sp³-hybridized carbons (Fsp3) is 0.556. The number of aromatic nitrogens is 2. The number of thioether (sulfide) groups is 1. The molecule has 0 N–H and O–H groups in total. The van der Waals surface area contributed by atoms with Crippen LogP contribution in [0.15, 0.2) is 28.0 Å². The molecule has 0 saturated carbocycles. The van der Waals surface area contributed by atoms with Crippen LogP contribution in [-0.2, 0) is 4.79 Å². The molecular formula is C27H38N4O2S2. The second-order valence-corrected chi connectivity index (χ2v) is 10.8. The Balaban J connectivity index is 1.96. The van der Waals surface area contributed by atoms with E-state index in [1.54, 1.807) is 21.6 Å². The molecular weight excluding hydrogens is 476 g/mol. The zero-order chi connectivity index (χ0) is 25.4. The van der Waals surface area contributed by atoms with E-state index in [1.807, 2.05) is 19.1 Å². The molecule has 0 spiro atoms. The number of rotatable bonds is 13. The third kappa shape index (κ3) is 6.53. The molecule has 0 unspecified atom stereocenters. The summed E-state index contributed by atoms with van der Waals surface area (Å²) in [7, 11) is 0. The molecule has 2 aromatic heterocycles. The molecule has 0 aliphatic carbocycles. The fourth-order valence-corrected chi connectivity index (χ4v) is 5.70. The number of pyridine rings is 1. The van der Waals surface area contributed by atoms with E-state index >= 15 is 0 Å². The molecule has 1 aliphatic rings. The predicted octanol–water partition coefficient (Wildman–Crippen LogP) is 6.19. The quantitative estimate of drug-likeness (QED) is 0.180. The zero-order valence-electron chi connectivity index (χ0n) is 21.5. The first-order valence-electron chi connectivity index (χ1n) is 12.9. The normalized spacial score (nSPS) is 15.1. The third-order valence-corrected chi connectivity index (χ3v) is 7.61. The van der Waals surface area contributed by atoms with Crippen molar-refractivity contribution in [1.29, 1.82) is 0 Å². The summed E-state index contributed by atoms with van der Waals surface area (Å²) in [5.74, 6) is 0.542. The van der Waals surface area contributed by atoms with Crippen molar-refractivity contribution in [1.82, 2.24) is 14.3 Å². The summed E-state index contributed by atoms with van der Waals surface area (Å²) >= 11 is 6.83. The predicted molar refractivity (Wildman–Crippen MR) is 152 cm³/mol. The zero-order valence-corrected chi connectivity index (χ0v) is 23.1. The highest BCUT2D eigenvalue weighted by molar-refractivity contribution is 8.26. The van der Waals surface area contributed by atoms with Gasteiger partial charge >= 0.3 is 0 Å². The number of thiocarbonyl (C=S) groups is 1. The van der Waals surface area contributed by atoms with E-state index in [9.17, 15) is 9.59 Å². The third-order valence-electron chi connectivity index (χ3n) is 6.24. The van der Waals surface area contributed by atoms with Crippen molar-refractivity contribution >= 4 is 51.7 Å². The number of amides is 1. The van der Waals surface area contributed by atoms with E-state index < -0.39 is 0 Å². The number of hydrogen-bond donors (Lipinski definition) is 0. The summed E-state index contributed by atoms with van der Waals surface area (Å²) in [5, 5.41) is 0. The average molecular weight is 515 g/mol. The van der Waals surface area contributed by atoms with E-state index in [1.165, 1.54) is 37.4 Å². The summed E-state index contributed by atoms with van der Waals surface area (Å²) in [6.07, 6.45) is 12.3. The molecule has 8 heteroatoms. The molecule has 0 bridgehead atoms. The standard InChI is InChI=1S/C27H38N4O2S2/c1-5-8-9-10-11-12-17-31-26(33)22(35-27(31)34)19-21-24(29(15-6-2)16-7-3)28-23-20(4)14-13-18-30(23)25(21)32/h13-14,18-19H,5-12,15-17H2,1-4H3/b22-19-. The number of anilines is 1. The Kier molecular flexibility index (Phi) is 10.3. The molecule has 1 aliphatic heterocycles. The molecule has 0 aromatic carbocycles. The van der Waals surface area contributed by atoms with Gasteiger partial charge in [0, 0.05) is 25.8 Å². The van der Waals surface area contributed by atoms with E-state index in [2.05, 4.69) is 25.7 Å². The largest absolute Gasteiger partial charge is 0.356 e. The van der Waals surface area contributed by atoms with Crippen LogP contribution in [-0.4, -0.2) is 44.1 Å². The Morgan fingerprint density at radius 1 is 1.03 bits per heavy atom. The Labute approximate surface area is 218 Å². The van der Waals surface area contributed by atoms with Crippen LogP contribution in [0.25, 0.3) is 11.7 Å². The van der Waals surface area contributed by atoms with Gasteiger partial charge < -0.3 is 4.90 Å². The maximum atomic E-state index is 13.7. The summed E-state index contributed by atoms with van der Waals surface area (Å²) in [5.41, 5.74) is 1.88. The Bertz CT molecular complexity index is 1140. The van der Waals surface area contributed by atoms with Gasteiger partial charge in [-0.2, -0.15) is 0 Å². The molecule has 6 nitrogen and oxygen atoms in total. The van der Waals surface area contributed by atoms with Gasteiger partial charge in [0.15, 0.2) is 0 Å². The molecule has 35 heavy (non-hydrogen) atoms. The molecule has 0 radical (unpaired) electrons. The highest BCUT2D eigenvalue weighted by Crippen LogP contribution is 2.34. The van der Waals surface area contributed by atoms with Crippen molar-refractivity contribution in [2.24, 2.45) is 0 Å². The summed E-state index contributed by atoms with van der Waals surface area (Å²) in [6, 6.07) is 3.81. The second-order valence-electron chi connectivity index (χ2n) is 9.13. The molecule has 190 valence electrons. The number of nitrogens with zero attached hydrogens (tertiary/aromatic N) is 4. The molecule has 3 heterocycles. The lowest BCUT2D eigenvalue weighted by molar-refractivity contribution is -0.122. The Morgan fingerprint density at radius 2 is 1.71 bits per heavy atom. The lowest BCUT2D eigenvalue weighted by atomic mass is 10.1. The molecule has 1 saturated heterocycles. The number of aryl methyl sites for hydroxylation is 1. The van der Waals surface area contributed by atoms with Gasteiger partial charge in [-0.1, -0.05) is 82.9 Å². The first-order valence-corrected chi connectivity index (χ1v) is 14.2. The minimum absolute atomic E-state index is 0.106.